The van der Waals surface area contributed by atoms with Crippen LogP contribution in [0.25, 0.3) is 167 Å². The van der Waals surface area contributed by atoms with E-state index in [-0.39, 0.29) is 89.5 Å². The van der Waals surface area contributed by atoms with Crippen LogP contribution in [-0.4, -0.2) is 55.2 Å². The second-order valence-corrected chi connectivity index (χ2v) is 31.2. The number of pyridine rings is 2. The fourth-order valence-electron chi connectivity index (χ4n) is 17.0. The molecule has 17 nitrogen and oxygen atoms in total. The van der Waals surface area contributed by atoms with Crippen LogP contribution >= 0.6 is 0 Å². The number of benzene rings is 12. The Bertz CT molecular complexity index is 8430. The van der Waals surface area contributed by atoms with Crippen LogP contribution in [0, 0.1) is 67.0 Å². The monoisotopic (exact) mass is 2120 g/mol. The fraction of sp³-hybridized carbons (Fsp3) is 0.0351. The SMILES string of the molecule is Cn1[c-]c(-c2nc3c(ccn3-c3[c-]c(-n4[c-]ccc4)ccc3)o2)c2ccccc21.Cn1cc(-c2[c-]c(N(CN=Cc3coc4oc[c-]c34)c3ccccc3)ccc2)c2[cH-]c[n+](C)c21.[Ag].[Ag].[Ag].[Ag].[c-]1c(-c2cccc3oc[c-]c23)cccc1N(c1ccccc1)c1cccc(-n2ccc3ccc[c-]c32)n1.[c-]1ccccc1-c1[c-]c2c(cc1)c1ccccc1n2-c1cccc(-c2[c-]cccc2)n1. The third-order valence-corrected chi connectivity index (χ3v) is 23.1. The number of aromatic nitrogens is 10. The minimum Gasteiger partial charge on any atom is -0.535 e. The molecular weight excluding hydrogens is 2050 g/mol. The summed E-state index contributed by atoms with van der Waals surface area (Å²) in [5.41, 5.74) is 23.2. The van der Waals surface area contributed by atoms with Crippen molar-refractivity contribution in [3.05, 3.63) is 450 Å². The zero-order valence-corrected chi connectivity index (χ0v) is 78.2. The second kappa shape index (κ2) is 40.4. The number of furan rings is 3. The van der Waals surface area contributed by atoms with Gasteiger partial charge >= 0.3 is 0 Å². The average Bonchev–Trinajstić information content (AvgIpc) is 1.65. The third kappa shape index (κ3) is 18.2. The van der Waals surface area contributed by atoms with Gasteiger partial charge in [-0.15, -0.1) is 167 Å². The molecule has 25 rings (SSSR count). The first-order chi connectivity index (χ1) is 64.7. The van der Waals surface area contributed by atoms with Gasteiger partial charge < -0.3 is 59.4 Å². The van der Waals surface area contributed by atoms with Crippen molar-refractivity contribution >= 4 is 123 Å². The number of oxazole rings is 1. The molecule has 0 aliphatic carbocycles. The van der Waals surface area contributed by atoms with Crippen LogP contribution in [0.1, 0.15) is 5.56 Å². The molecule has 12 aromatic carbocycles. The molecule has 135 heavy (non-hydrogen) atoms. The van der Waals surface area contributed by atoms with Gasteiger partial charge in [0.15, 0.2) is 22.7 Å². The van der Waals surface area contributed by atoms with Crippen molar-refractivity contribution in [2.75, 3.05) is 16.5 Å². The van der Waals surface area contributed by atoms with Gasteiger partial charge in [0.1, 0.15) is 30.0 Å². The molecule has 0 saturated heterocycles. The molecule has 25 aromatic rings. The molecule has 21 heteroatoms. The molecule has 0 N–H and O–H groups in total. The number of hydrogen-bond donors (Lipinski definition) is 0. The Kier molecular flexibility index (Phi) is 27.1. The van der Waals surface area contributed by atoms with Gasteiger partial charge in [-0.2, -0.15) is 102 Å². The zero-order chi connectivity index (χ0) is 87.7. The average molecular weight is 2120 g/mol. The van der Waals surface area contributed by atoms with E-state index in [1.54, 1.807) is 18.7 Å². The first kappa shape index (κ1) is 90.8. The summed E-state index contributed by atoms with van der Waals surface area (Å²) in [6, 6.07) is 140. The molecule has 0 unspecified atom stereocenters. The number of hydrogen-bond acceptors (Lipinski definition) is 10. The van der Waals surface area contributed by atoms with E-state index >= 15 is 0 Å². The maximum atomic E-state index is 6.08. The van der Waals surface area contributed by atoms with Crippen LogP contribution < -0.4 is 14.4 Å². The number of nitrogens with zero attached hydrogens (tertiary/aromatic N) is 13. The summed E-state index contributed by atoms with van der Waals surface area (Å²) in [6.07, 6.45) is 23.2. The predicted octanol–water partition coefficient (Wildman–Crippen LogP) is 25.7. The Morgan fingerprint density at radius 3 is 1.98 bits per heavy atom. The van der Waals surface area contributed by atoms with Gasteiger partial charge in [-0.3, -0.25) is 9.98 Å². The maximum absolute atomic E-state index is 6.08. The van der Waals surface area contributed by atoms with Crippen LogP contribution in [0.5, 0.6) is 0 Å². The van der Waals surface area contributed by atoms with Crippen LogP contribution in [-0.2, 0) is 111 Å². The van der Waals surface area contributed by atoms with Crippen LogP contribution in [0.3, 0.4) is 0 Å². The molecule has 0 saturated carbocycles. The largest absolute Gasteiger partial charge is 0.535 e. The van der Waals surface area contributed by atoms with E-state index < -0.39 is 0 Å². The third-order valence-electron chi connectivity index (χ3n) is 23.1. The molecule has 674 valence electrons. The van der Waals surface area contributed by atoms with Crippen LogP contribution in [0.4, 0.5) is 28.6 Å². The number of para-hydroxylation sites is 5. The normalized spacial score (nSPS) is 11.1. The van der Waals surface area contributed by atoms with Gasteiger partial charge in [-0.25, -0.2) is 21.1 Å². The predicted molar refractivity (Wildman–Crippen MR) is 517 cm³/mol. The van der Waals surface area contributed by atoms with Crippen molar-refractivity contribution in [3.8, 4) is 79.1 Å². The van der Waals surface area contributed by atoms with E-state index in [9.17, 15) is 0 Å². The number of fused-ring (bicyclic) bond motifs is 9. The van der Waals surface area contributed by atoms with E-state index in [2.05, 4.69) is 255 Å². The van der Waals surface area contributed by atoms with E-state index in [1.165, 1.54) is 22.7 Å². The van der Waals surface area contributed by atoms with Gasteiger partial charge in [0.05, 0.1) is 14.1 Å². The summed E-state index contributed by atoms with van der Waals surface area (Å²) in [5.74, 6) is 3.51. The van der Waals surface area contributed by atoms with Gasteiger partial charge in [0, 0.05) is 155 Å². The molecule has 13 aromatic heterocycles. The Balaban J connectivity index is 0.000000119. The number of rotatable bonds is 17. The van der Waals surface area contributed by atoms with Crippen molar-refractivity contribution in [1.29, 1.82) is 0 Å². The zero-order valence-electron chi connectivity index (χ0n) is 72.2. The van der Waals surface area contributed by atoms with Crippen LogP contribution in [0.2, 0.25) is 0 Å². The van der Waals surface area contributed by atoms with E-state index in [4.69, 9.17) is 37.6 Å². The van der Waals surface area contributed by atoms with Crippen molar-refractivity contribution in [1.82, 2.24) is 42.4 Å². The summed E-state index contributed by atoms with van der Waals surface area (Å²) in [6.45, 7) is 0.421. The van der Waals surface area contributed by atoms with Gasteiger partial charge in [0.2, 0.25) is 0 Å². The standard InChI is InChI=1S/C33H20N3O.C29H17N2.C28H22N4O2.C24H15N4O.4Ag/c1-2-11-26(12-3-1)36(27-13-6-10-25(23-27)28-14-7-16-31-29(28)20-22-37-31)33-18-8-17-32(34-33)35-21-19-24-9-4-5-15-30(24)35;1-3-10-21(11-4-1)23-18-19-25-24-14-7-8-16-27(24)31(28(25)20-23)29-17-9-15-26(30-29)22-12-5-2-6-13-22;1-30-13-11-25-26(17-31(2)27(25)30)20-7-6-10-23(15-20)32(22-8-4-3-5-9-22)19-29-16-21-18-34-28-24(21)12-14-33-28;1-26-16-20(19-9-2-3-10-21(19)26)24-25-23-22(29-24)11-14-28(23)18-8-6-7-17(15-18)27-12-4-5-13-27;;;;/h1-14,16-19,21-22H;1-10,12,14-19H;3-11,13-14,16-18H,19H2,1-2H3;2-12,14H,1H3;;;;/q2*-3;-2;-3;;;;. The van der Waals surface area contributed by atoms with E-state index in [0.29, 0.717) is 18.3 Å². The molecule has 0 atom stereocenters. The van der Waals surface area contributed by atoms with Gasteiger partial charge in [-0.05, 0) is 96.0 Å². The number of anilines is 5. The smallest absolute Gasteiger partial charge is 0.178 e. The van der Waals surface area contributed by atoms with Crippen molar-refractivity contribution in [2.24, 2.45) is 26.1 Å². The fourth-order valence-corrected chi connectivity index (χ4v) is 17.0. The first-order valence-electron chi connectivity index (χ1n) is 42.6. The number of aryl methyl sites for hydroxylation is 3. The quantitative estimate of drug-likeness (QED) is 0.0377. The van der Waals surface area contributed by atoms with E-state index in [1.807, 2.05) is 233 Å². The van der Waals surface area contributed by atoms with Crippen molar-refractivity contribution < 1.29 is 112 Å². The summed E-state index contributed by atoms with van der Waals surface area (Å²) >= 11 is 0. The maximum Gasteiger partial charge on any atom is 0.178 e. The molecule has 0 aliphatic rings. The molecule has 13 heterocycles. The molecule has 0 bridgehead atoms. The number of aliphatic imine (C=N–C) groups is 1. The van der Waals surface area contributed by atoms with E-state index in [0.717, 1.165) is 173 Å². The van der Waals surface area contributed by atoms with Crippen molar-refractivity contribution in [2.45, 2.75) is 0 Å². The first-order valence-corrected chi connectivity index (χ1v) is 42.6. The van der Waals surface area contributed by atoms with Gasteiger partial charge in [0.25, 0.3) is 0 Å². The summed E-state index contributed by atoms with van der Waals surface area (Å²) in [5, 5.41) is 7.49. The second-order valence-electron chi connectivity index (χ2n) is 31.2. The Morgan fingerprint density at radius 2 is 1.16 bits per heavy atom. The molecule has 0 aliphatic heterocycles. The molecule has 0 amide bonds. The summed E-state index contributed by atoms with van der Waals surface area (Å²) in [4.78, 5) is 23.8. The minimum atomic E-state index is 0. The molecule has 0 fully saturated rings. The Hall–Kier alpha value is -14.7. The molecule has 4 radical (unpaired) electrons. The van der Waals surface area contributed by atoms with Crippen LogP contribution in [0.15, 0.2) is 400 Å². The van der Waals surface area contributed by atoms with Crippen molar-refractivity contribution in [3.63, 3.8) is 0 Å². The Morgan fingerprint density at radius 1 is 0.474 bits per heavy atom. The summed E-state index contributed by atoms with van der Waals surface area (Å²) < 4.78 is 36.7. The topological polar surface area (TPSA) is 144 Å². The Labute approximate surface area is 840 Å². The minimum absolute atomic E-state index is 0. The molecular formula is C114H74Ag4N13O4-11. The van der Waals surface area contributed by atoms with Gasteiger partial charge in [-0.1, -0.05) is 171 Å². The molecule has 0 spiro atoms. The summed E-state index contributed by atoms with van der Waals surface area (Å²) in [7, 11) is 6.12.